The van der Waals surface area contributed by atoms with Crippen molar-refractivity contribution in [2.45, 2.75) is 39.5 Å². The van der Waals surface area contributed by atoms with Crippen LogP contribution >= 0.6 is 0 Å². The van der Waals surface area contributed by atoms with Crippen LogP contribution in [-0.2, 0) is 11.8 Å². The Bertz CT molecular complexity index is 305. The minimum absolute atomic E-state index is 0.263. The second-order valence-corrected chi connectivity index (χ2v) is 5.59. The first-order valence-electron chi connectivity index (χ1n) is 6.21. The van der Waals surface area contributed by atoms with Crippen LogP contribution in [0, 0.1) is 0 Å². The van der Waals surface area contributed by atoms with E-state index < -0.39 is 0 Å². The molecule has 0 fully saturated rings. The second kappa shape index (κ2) is 5.49. The van der Waals surface area contributed by atoms with Gasteiger partial charge in [-0.05, 0) is 36.6 Å². The molecule has 1 rings (SSSR count). The van der Waals surface area contributed by atoms with Gasteiger partial charge in [-0.2, -0.15) is 0 Å². The summed E-state index contributed by atoms with van der Waals surface area (Å²) >= 11 is 0. The Kier molecular flexibility index (Phi) is 4.55. The topological polar surface area (TPSA) is 3.24 Å². The quantitative estimate of drug-likeness (QED) is 0.749. The van der Waals surface area contributed by atoms with Crippen LogP contribution in [0.4, 0.5) is 0 Å². The van der Waals surface area contributed by atoms with Gasteiger partial charge in [0, 0.05) is 6.54 Å². The number of hydrogen-bond donors (Lipinski definition) is 0. The number of rotatable bonds is 4. The average Bonchev–Trinajstić information content (AvgIpc) is 2.25. The molecular weight excluding hydrogens is 194 g/mol. The standard InChI is InChI=1S/C15H25N/c1-6-16(5)12-11-13-7-9-14(10-8-13)15(2,3)4/h7-10H,6,11-12H2,1-5H3. The van der Waals surface area contributed by atoms with Crippen molar-refractivity contribution in [1.82, 2.24) is 4.90 Å². The lowest BCUT2D eigenvalue weighted by Crippen LogP contribution is -2.20. The maximum absolute atomic E-state index is 2.34. The van der Waals surface area contributed by atoms with Crippen molar-refractivity contribution in [3.05, 3.63) is 35.4 Å². The van der Waals surface area contributed by atoms with Gasteiger partial charge in [0.05, 0.1) is 0 Å². The Morgan fingerprint density at radius 1 is 1.06 bits per heavy atom. The molecule has 0 atom stereocenters. The second-order valence-electron chi connectivity index (χ2n) is 5.59. The normalized spacial score (nSPS) is 12.1. The molecule has 0 amide bonds. The molecule has 0 aromatic heterocycles. The van der Waals surface area contributed by atoms with E-state index in [-0.39, 0.29) is 5.41 Å². The van der Waals surface area contributed by atoms with Gasteiger partial charge < -0.3 is 4.90 Å². The van der Waals surface area contributed by atoms with Gasteiger partial charge in [0.1, 0.15) is 0 Å². The molecule has 1 aromatic carbocycles. The van der Waals surface area contributed by atoms with Gasteiger partial charge in [-0.15, -0.1) is 0 Å². The molecule has 90 valence electrons. The number of nitrogens with zero attached hydrogens (tertiary/aromatic N) is 1. The Morgan fingerprint density at radius 3 is 2.06 bits per heavy atom. The summed E-state index contributed by atoms with van der Waals surface area (Å²) in [6.45, 7) is 11.2. The van der Waals surface area contributed by atoms with Crippen molar-refractivity contribution in [2.24, 2.45) is 0 Å². The highest BCUT2D eigenvalue weighted by Crippen LogP contribution is 2.22. The molecule has 0 saturated carbocycles. The van der Waals surface area contributed by atoms with Gasteiger partial charge in [-0.25, -0.2) is 0 Å². The first-order valence-corrected chi connectivity index (χ1v) is 6.21. The van der Waals surface area contributed by atoms with E-state index in [1.165, 1.54) is 11.1 Å². The largest absolute Gasteiger partial charge is 0.306 e. The van der Waals surface area contributed by atoms with Gasteiger partial charge in [0.15, 0.2) is 0 Å². The monoisotopic (exact) mass is 219 g/mol. The smallest absolute Gasteiger partial charge is 0.00187 e. The fourth-order valence-electron chi connectivity index (χ4n) is 1.65. The zero-order valence-corrected chi connectivity index (χ0v) is 11.4. The van der Waals surface area contributed by atoms with Gasteiger partial charge in [0.2, 0.25) is 0 Å². The predicted octanol–water partition coefficient (Wildman–Crippen LogP) is 3.48. The third-order valence-corrected chi connectivity index (χ3v) is 3.14. The average molecular weight is 219 g/mol. The lowest BCUT2D eigenvalue weighted by atomic mass is 9.86. The molecule has 16 heavy (non-hydrogen) atoms. The van der Waals surface area contributed by atoms with E-state index in [2.05, 4.69) is 63.9 Å². The zero-order valence-electron chi connectivity index (χ0n) is 11.4. The predicted molar refractivity (Wildman–Crippen MR) is 72.0 cm³/mol. The highest BCUT2D eigenvalue weighted by molar-refractivity contribution is 5.27. The number of likely N-dealkylation sites (N-methyl/N-ethyl adjacent to an activating group) is 1. The molecule has 0 aliphatic carbocycles. The lowest BCUT2D eigenvalue weighted by molar-refractivity contribution is 0.357. The summed E-state index contributed by atoms with van der Waals surface area (Å²) in [5, 5.41) is 0. The first kappa shape index (κ1) is 13.2. The van der Waals surface area contributed by atoms with E-state index in [9.17, 15) is 0 Å². The Hall–Kier alpha value is -0.820. The molecule has 0 N–H and O–H groups in total. The third kappa shape index (κ3) is 3.97. The van der Waals surface area contributed by atoms with E-state index in [0.717, 1.165) is 19.5 Å². The fraction of sp³-hybridized carbons (Fsp3) is 0.600. The Morgan fingerprint density at radius 2 is 1.62 bits per heavy atom. The SMILES string of the molecule is CCN(C)CCc1ccc(C(C)(C)C)cc1. The molecule has 0 unspecified atom stereocenters. The van der Waals surface area contributed by atoms with E-state index in [1.54, 1.807) is 0 Å². The molecule has 0 heterocycles. The van der Waals surface area contributed by atoms with Gasteiger partial charge >= 0.3 is 0 Å². The van der Waals surface area contributed by atoms with Crippen molar-refractivity contribution < 1.29 is 0 Å². The highest BCUT2D eigenvalue weighted by Gasteiger charge is 2.12. The Balaban J connectivity index is 2.58. The number of benzene rings is 1. The van der Waals surface area contributed by atoms with E-state index in [1.807, 2.05) is 0 Å². The molecule has 0 bridgehead atoms. The van der Waals surface area contributed by atoms with E-state index in [0.29, 0.717) is 0 Å². The summed E-state index contributed by atoms with van der Waals surface area (Å²) in [7, 11) is 2.17. The maximum Gasteiger partial charge on any atom is 0.00187 e. The van der Waals surface area contributed by atoms with Gasteiger partial charge in [-0.3, -0.25) is 0 Å². The molecule has 1 heteroatoms. The summed E-state index contributed by atoms with van der Waals surface area (Å²) in [4.78, 5) is 2.34. The molecule has 0 radical (unpaired) electrons. The van der Waals surface area contributed by atoms with E-state index >= 15 is 0 Å². The van der Waals surface area contributed by atoms with Crippen LogP contribution in [0.2, 0.25) is 0 Å². The fourth-order valence-corrected chi connectivity index (χ4v) is 1.65. The summed E-state index contributed by atoms with van der Waals surface area (Å²) < 4.78 is 0. The minimum atomic E-state index is 0.263. The molecule has 0 aliphatic rings. The molecule has 0 spiro atoms. The van der Waals surface area contributed by atoms with Crippen molar-refractivity contribution in [2.75, 3.05) is 20.1 Å². The van der Waals surface area contributed by atoms with Crippen molar-refractivity contribution in [3.63, 3.8) is 0 Å². The van der Waals surface area contributed by atoms with Gasteiger partial charge in [0.25, 0.3) is 0 Å². The van der Waals surface area contributed by atoms with Crippen molar-refractivity contribution in [3.8, 4) is 0 Å². The third-order valence-electron chi connectivity index (χ3n) is 3.14. The zero-order chi connectivity index (χ0) is 12.2. The van der Waals surface area contributed by atoms with Crippen LogP contribution < -0.4 is 0 Å². The van der Waals surface area contributed by atoms with E-state index in [4.69, 9.17) is 0 Å². The first-order chi connectivity index (χ1) is 7.43. The molecular formula is C15H25N. The van der Waals surface area contributed by atoms with Crippen molar-refractivity contribution >= 4 is 0 Å². The maximum atomic E-state index is 2.34. The van der Waals surface area contributed by atoms with Gasteiger partial charge in [-0.1, -0.05) is 52.0 Å². The Labute approximate surface area is 100 Å². The summed E-state index contributed by atoms with van der Waals surface area (Å²) in [5.41, 5.74) is 3.12. The summed E-state index contributed by atoms with van der Waals surface area (Å²) in [6.07, 6.45) is 1.15. The summed E-state index contributed by atoms with van der Waals surface area (Å²) in [5.74, 6) is 0. The molecule has 0 aliphatic heterocycles. The summed E-state index contributed by atoms with van der Waals surface area (Å²) in [6, 6.07) is 9.07. The van der Waals surface area contributed by atoms with Crippen LogP contribution in [0.15, 0.2) is 24.3 Å². The number of hydrogen-bond acceptors (Lipinski definition) is 1. The molecule has 0 saturated heterocycles. The molecule has 1 nitrogen and oxygen atoms in total. The lowest BCUT2D eigenvalue weighted by Gasteiger charge is -2.19. The molecule has 1 aromatic rings. The highest BCUT2D eigenvalue weighted by atomic mass is 15.1. The van der Waals surface area contributed by atoms with Crippen LogP contribution in [0.5, 0.6) is 0 Å². The minimum Gasteiger partial charge on any atom is -0.306 e. The van der Waals surface area contributed by atoms with Crippen LogP contribution in [0.3, 0.4) is 0 Å². The van der Waals surface area contributed by atoms with Crippen molar-refractivity contribution in [1.29, 1.82) is 0 Å². The van der Waals surface area contributed by atoms with Crippen LogP contribution in [0.25, 0.3) is 0 Å². The van der Waals surface area contributed by atoms with Crippen LogP contribution in [0.1, 0.15) is 38.8 Å². The van der Waals surface area contributed by atoms with Crippen LogP contribution in [-0.4, -0.2) is 25.0 Å².